The van der Waals surface area contributed by atoms with Crippen LogP contribution in [0.25, 0.3) is 33.4 Å². The van der Waals surface area contributed by atoms with Crippen LogP contribution in [0.4, 0.5) is 5.69 Å². The van der Waals surface area contributed by atoms with Crippen LogP contribution in [0, 0.1) is 6.92 Å². The molecule has 8 rings (SSSR count). The van der Waals surface area contributed by atoms with Gasteiger partial charge in [0.25, 0.3) is 19.3 Å². The van der Waals surface area contributed by atoms with Gasteiger partial charge in [-0.2, -0.15) is 0 Å². The fourth-order valence-corrected chi connectivity index (χ4v) is 9.95. The molecule has 0 radical (unpaired) electrons. The number of ether oxygens (including phenoxy) is 1. The summed E-state index contributed by atoms with van der Waals surface area (Å²) in [5.74, 6) is -3.52. The maximum absolute atomic E-state index is 13.3. The number of anilines is 1. The van der Waals surface area contributed by atoms with E-state index in [1.165, 1.54) is 67.7 Å². The minimum atomic E-state index is -4.90. The number of aliphatic hydroxyl groups is 1. The summed E-state index contributed by atoms with van der Waals surface area (Å²) in [4.78, 5) is 116. The number of carbonyl (C=O) groups excluding carboxylic acids is 4. The molecule has 5 atom stereocenters. The number of aromatic nitrogens is 2. The topological polar surface area (TPSA) is 326 Å². The van der Waals surface area contributed by atoms with Crippen LogP contribution in [-0.2, 0) is 39.2 Å². The molecule has 2 fully saturated rings. The third-order valence-corrected chi connectivity index (χ3v) is 13.8. The molecule has 1 aliphatic carbocycles. The van der Waals surface area contributed by atoms with Gasteiger partial charge in [0, 0.05) is 71.0 Å². The Kier molecular flexibility index (Phi) is 16.1. The molecule has 0 saturated carbocycles. The van der Waals surface area contributed by atoms with Crippen molar-refractivity contribution in [3.63, 3.8) is 0 Å². The number of nitrogens with one attached hydrogen (secondary N) is 3. The Hall–Kier alpha value is -7.24. The van der Waals surface area contributed by atoms with E-state index in [-0.39, 0.29) is 77.2 Å². The lowest BCUT2D eigenvalue weighted by Crippen LogP contribution is -2.41. The number of carboxylic acids is 1. The molecule has 0 spiro atoms. The number of thioether (sulfide) groups is 1. The number of phenols is 1. The number of carbonyl (C=O) groups is 5. The van der Waals surface area contributed by atoms with Gasteiger partial charge in [-0.1, -0.05) is 19.6 Å². The van der Waals surface area contributed by atoms with E-state index in [0.29, 0.717) is 35.0 Å². The number of amides is 4. The smallest absolute Gasteiger partial charge is 0.336 e. The van der Waals surface area contributed by atoms with Gasteiger partial charge in [-0.05, 0) is 85.5 Å². The number of aromatic hydroxyl groups is 1. The summed E-state index contributed by atoms with van der Waals surface area (Å²) in [5.41, 5.74) is 5.18. The Morgan fingerprint density at radius 3 is 2.47 bits per heavy atom. The first-order valence-electron chi connectivity index (χ1n) is 21.9. The molecule has 3 aromatic carbocycles. The third-order valence-electron chi connectivity index (χ3n) is 11.7. The number of aromatic carboxylic acids is 1. The van der Waals surface area contributed by atoms with Crippen LogP contribution in [0.15, 0.2) is 104 Å². The molecule has 4 heterocycles. The molecule has 22 nitrogen and oxygen atoms in total. The van der Waals surface area contributed by atoms with Crippen LogP contribution in [0.2, 0.25) is 0 Å². The van der Waals surface area contributed by atoms with Crippen molar-refractivity contribution in [3.05, 3.63) is 138 Å². The predicted octanol–water partition coefficient (Wildman–Crippen LogP) is 3.76. The number of phenolic OH excluding ortho intramolecular Hbond substituents is 1. The second-order valence-corrected chi connectivity index (χ2v) is 19.2. The number of aryl methyl sites for hydroxylation is 2. The van der Waals surface area contributed by atoms with Crippen LogP contribution in [0.1, 0.15) is 71.2 Å². The van der Waals surface area contributed by atoms with E-state index in [1.54, 1.807) is 24.3 Å². The highest BCUT2D eigenvalue weighted by atomic mass is 32.2. The van der Waals surface area contributed by atoms with Crippen LogP contribution in [-0.4, -0.2) is 90.9 Å². The average Bonchev–Trinajstić information content (AvgIpc) is 3.84. The molecule has 1 aromatic heterocycles. The van der Waals surface area contributed by atoms with Crippen LogP contribution in [0.3, 0.4) is 0 Å². The maximum atomic E-state index is 13.3. The Labute approximate surface area is 412 Å². The number of imide groups is 1. The second kappa shape index (κ2) is 22.0. The summed E-state index contributed by atoms with van der Waals surface area (Å²) in [6.07, 6.45) is -1.49. The number of hydrogen-bond donors (Lipinski definition) is 6. The first kappa shape index (κ1) is 52.6. The minimum absolute atomic E-state index is 0. The number of rotatable bonds is 17. The van der Waals surface area contributed by atoms with Crippen molar-refractivity contribution in [3.8, 4) is 28.2 Å². The molecule has 4 aliphatic rings. The Balaban J connectivity index is 0.00000760. The first-order valence-corrected chi connectivity index (χ1v) is 24.4. The fraction of sp³-hybridized carbons (Fsp3) is 0.292. The number of phosphoric acid groups is 1. The monoisotopic (exact) mass is 1030 g/mol. The van der Waals surface area contributed by atoms with E-state index in [4.69, 9.17) is 18.2 Å². The van der Waals surface area contributed by atoms with Crippen LogP contribution < -0.4 is 37.3 Å². The Morgan fingerprint density at radius 2 is 1.72 bits per heavy atom. The largest absolute Gasteiger partial charge is 0.756 e. The number of H-pyrrole nitrogens is 1. The third kappa shape index (κ3) is 11.7. The van der Waals surface area contributed by atoms with Gasteiger partial charge in [-0.25, -0.2) is 14.5 Å². The number of nitrogens with zero attached hydrogens (tertiary/aromatic N) is 2. The van der Waals surface area contributed by atoms with Crippen molar-refractivity contribution in [2.24, 2.45) is 0 Å². The number of aromatic amines is 1. The van der Waals surface area contributed by atoms with Gasteiger partial charge >= 0.3 is 11.7 Å². The summed E-state index contributed by atoms with van der Waals surface area (Å²) in [5, 5.41) is 30.2. The van der Waals surface area contributed by atoms with E-state index >= 15 is 0 Å². The van der Waals surface area contributed by atoms with Gasteiger partial charge in [0.1, 0.15) is 29.4 Å². The lowest BCUT2D eigenvalue weighted by atomic mass is 9.89. The summed E-state index contributed by atoms with van der Waals surface area (Å²) in [7, 11) is -4.90. The number of benzene rings is 4. The summed E-state index contributed by atoms with van der Waals surface area (Å²) >= 11 is 1.02. The van der Waals surface area contributed by atoms with Gasteiger partial charge in [-0.15, -0.1) is 11.8 Å². The number of fused-ring (bicyclic) bond motifs is 2. The highest BCUT2D eigenvalue weighted by Gasteiger charge is 2.40. The second-order valence-electron chi connectivity index (χ2n) is 16.5. The molecule has 72 heavy (non-hydrogen) atoms. The zero-order valence-corrected chi connectivity index (χ0v) is 39.1. The lowest BCUT2D eigenvalue weighted by Gasteiger charge is -2.25. The Bertz CT molecular complexity index is 3280. The minimum Gasteiger partial charge on any atom is -0.756 e. The van der Waals surface area contributed by atoms with Crippen LogP contribution in [0.5, 0.6) is 5.75 Å². The van der Waals surface area contributed by atoms with E-state index in [0.717, 1.165) is 26.8 Å². The summed E-state index contributed by atoms with van der Waals surface area (Å²) < 4.78 is 34.8. The number of phosphoric ester groups is 1. The molecule has 24 heteroatoms. The zero-order valence-electron chi connectivity index (χ0n) is 37.4. The molecule has 378 valence electrons. The molecule has 2 saturated heterocycles. The molecule has 0 bridgehead atoms. The molecule has 3 aliphatic heterocycles. The van der Waals surface area contributed by atoms with E-state index in [9.17, 15) is 63.1 Å². The SMILES string of the molecule is C.Cc1cn([C@H]2C[C@@H](O)[C@@H](COP(=O)([O-])OCCSC3CC(=O)N(c4ccc(CCCC(=O)NNC(=O)c5ccc(C(=O)O)c(-c6c7ccc(=O)cc-7oc7cc(O)ccc67)c5)cc4)C3=O)O2)c(=O)[nH]c1=O. The summed E-state index contributed by atoms with van der Waals surface area (Å²) in [6.45, 7) is 0.470. The van der Waals surface area contributed by atoms with E-state index in [2.05, 4.69) is 15.8 Å². The zero-order chi connectivity index (χ0) is 50.7. The number of aliphatic hydroxyl groups excluding tert-OH is 1. The van der Waals surface area contributed by atoms with Gasteiger partial charge in [0.15, 0.2) is 5.43 Å². The lowest BCUT2D eigenvalue weighted by molar-refractivity contribution is -0.228. The van der Waals surface area contributed by atoms with Crippen molar-refractivity contribution in [1.82, 2.24) is 20.4 Å². The maximum Gasteiger partial charge on any atom is 0.336 e. The van der Waals surface area contributed by atoms with Crippen molar-refractivity contribution in [2.45, 2.75) is 70.1 Å². The molecule has 4 amide bonds. The average molecular weight is 1030 g/mol. The van der Waals surface area contributed by atoms with Crippen molar-refractivity contribution in [2.75, 3.05) is 23.9 Å². The molecular formula is C48H47N5O17PS-. The van der Waals surface area contributed by atoms with E-state index in [1.807, 2.05) is 0 Å². The predicted molar refractivity (Wildman–Crippen MR) is 258 cm³/mol. The van der Waals surface area contributed by atoms with Crippen molar-refractivity contribution in [1.29, 1.82) is 0 Å². The number of hydrazine groups is 1. The number of hydrogen-bond acceptors (Lipinski definition) is 17. The first-order chi connectivity index (χ1) is 33.8. The molecule has 4 aromatic rings. The highest BCUT2D eigenvalue weighted by Crippen LogP contribution is 2.43. The van der Waals surface area contributed by atoms with Gasteiger partial charge < -0.3 is 38.4 Å². The molecule has 6 N–H and O–H groups in total. The van der Waals surface area contributed by atoms with Gasteiger partial charge in [0.2, 0.25) is 17.7 Å². The van der Waals surface area contributed by atoms with E-state index < -0.39 is 85.6 Å². The standard InChI is InChI=1S/C47H44N5O17PS.CH4/c1-24-22-51(47(63)48-43(24)58)41-20-34(55)37(69-41)23-67-70(64,65)66-15-16-71-38-21-40(57)52(45(38)60)27-8-5-25(6-9-27)3-2-4-39(56)49-50-44(59)26-7-12-30(46(61)62)33(17-26)42-31-13-10-28(53)18-35(31)68-36-19-29(54)11-14-32(36)42;/h5-14,17-19,22,34,37-38,41,53,55H,2-4,15-16,20-21,23H2,1H3,(H,49,56)(H,50,59)(H,61,62)(H,64,65)(H,48,58,63);1H4/p-1/t34-,37-,38?,41-;/m1./s1. The molecular weight excluding hydrogens is 982 g/mol. The van der Waals surface area contributed by atoms with Gasteiger partial charge in [-0.3, -0.25) is 53.7 Å². The van der Waals surface area contributed by atoms with Crippen LogP contribution >= 0.6 is 19.6 Å². The normalized spacial score (nSPS) is 18.5. The quantitative estimate of drug-likeness (QED) is 0.0249. The fourth-order valence-electron chi connectivity index (χ4n) is 8.14. The Morgan fingerprint density at radius 1 is 0.958 bits per heavy atom. The number of carboxylic acid groups (broad SMARTS) is 1. The van der Waals surface area contributed by atoms with Crippen molar-refractivity contribution < 1.29 is 67.0 Å². The highest BCUT2D eigenvalue weighted by molar-refractivity contribution is 8.00. The van der Waals surface area contributed by atoms with Crippen molar-refractivity contribution >= 4 is 65.8 Å². The van der Waals surface area contributed by atoms with Gasteiger partial charge in [0.05, 0.1) is 35.8 Å². The summed E-state index contributed by atoms with van der Waals surface area (Å²) in [6, 6.07) is 18.7. The molecule has 2 unspecified atom stereocenters.